The Hall–Kier alpha value is -0.465. The van der Waals surface area contributed by atoms with Crippen molar-refractivity contribution < 1.29 is 9.45 Å². The fourth-order valence-electron chi connectivity index (χ4n) is 0. The normalized spacial score (nSPS) is 8.60. The number of hydrogen-bond acceptors (Lipinski definition) is 2. The molecule has 0 atom stereocenters. The van der Waals surface area contributed by atoms with Crippen molar-refractivity contribution in [1.29, 1.82) is 1.34 Å². The summed E-state index contributed by atoms with van der Waals surface area (Å²) in [5.41, 5.74) is 0. The van der Waals surface area contributed by atoms with Crippen LogP contribution in [0.1, 0.15) is 6.92 Å². The molecule has 0 aromatic rings. The van der Waals surface area contributed by atoms with Crippen molar-refractivity contribution in [3.63, 3.8) is 0 Å². The standard InChI is InChI=1S/C2H4BO2/c1-2(4)5-3/h3H,1H3/i3T. The first-order valence-corrected chi connectivity index (χ1v) is 1.14. The molecule has 27 valence electrons. The molecule has 0 rings (SSSR count). The summed E-state index contributed by atoms with van der Waals surface area (Å²) in [5, 5.41) is 0. The summed E-state index contributed by atoms with van der Waals surface area (Å²) in [5.74, 6) is -0.454. The highest BCUT2D eigenvalue weighted by Crippen LogP contribution is 1.58. The molecule has 0 bridgehead atoms. The van der Waals surface area contributed by atoms with E-state index in [4.69, 9.17) is 1.34 Å². The molecule has 0 aliphatic carbocycles. The van der Waals surface area contributed by atoms with E-state index < -0.39 is 5.97 Å². The van der Waals surface area contributed by atoms with Gasteiger partial charge in [0.2, 0.25) is 0 Å². The molecule has 0 N–H and O–H groups in total. The Morgan fingerprint density at radius 2 is 3.00 bits per heavy atom. The highest BCUT2D eigenvalue weighted by Gasteiger charge is 1.75. The van der Waals surface area contributed by atoms with E-state index in [1.54, 1.807) is 0 Å². The van der Waals surface area contributed by atoms with E-state index in [9.17, 15) is 4.79 Å². The van der Waals surface area contributed by atoms with Gasteiger partial charge in [0, 0.05) is 8.26 Å². The van der Waals surface area contributed by atoms with Crippen LogP contribution in [0.3, 0.4) is 0 Å². The van der Waals surface area contributed by atoms with Crippen LogP contribution in [-0.2, 0) is 9.45 Å². The number of rotatable bonds is 1. The lowest BCUT2D eigenvalue weighted by Gasteiger charge is -1.81. The molecule has 0 fully saturated rings. The van der Waals surface area contributed by atoms with Gasteiger partial charge in [0.15, 0.2) is 0 Å². The van der Waals surface area contributed by atoms with Gasteiger partial charge in [0.25, 0.3) is 5.97 Å². The van der Waals surface area contributed by atoms with Crippen LogP contribution < -0.4 is 0 Å². The molecular formula is C2H4BO2. The summed E-state index contributed by atoms with van der Waals surface area (Å²) in [6.45, 7) is 1.24. The predicted octanol–water partition coefficient (Wildman–Crippen LogP) is -0.635. The van der Waals surface area contributed by atoms with Gasteiger partial charge in [0.1, 0.15) is 0 Å². The minimum absolute atomic E-state index is 0.454. The summed E-state index contributed by atoms with van der Waals surface area (Å²) in [4.78, 5) is 9.67. The van der Waals surface area contributed by atoms with Crippen molar-refractivity contribution in [1.82, 2.24) is 0 Å². The van der Waals surface area contributed by atoms with E-state index in [-0.39, 0.29) is 0 Å². The quantitative estimate of drug-likeness (QED) is 0.386. The first-order valence-electron chi connectivity index (χ1n) is 1.72. The molecule has 0 unspecified atom stereocenters. The molecule has 0 aromatic heterocycles. The third-order valence-corrected chi connectivity index (χ3v) is 0.166. The third-order valence-electron chi connectivity index (χ3n) is 0.166. The molecule has 0 heterocycles. The lowest BCUT2D eigenvalue weighted by Crippen LogP contribution is -1.90. The van der Waals surface area contributed by atoms with Crippen LogP contribution >= 0.6 is 0 Å². The SMILES string of the molecule is [3H][B]OC(C)=O. The molecule has 1 radical (unpaired) electrons. The second-order valence-electron chi connectivity index (χ2n) is 0.609. The molecule has 5 heavy (non-hydrogen) atoms. The van der Waals surface area contributed by atoms with Crippen LogP contribution in [0.5, 0.6) is 0 Å². The molecule has 0 aliphatic rings. The van der Waals surface area contributed by atoms with Crippen LogP contribution in [0.15, 0.2) is 0 Å². The second-order valence-corrected chi connectivity index (χ2v) is 0.609. The maximum atomic E-state index is 9.67. The van der Waals surface area contributed by atoms with E-state index >= 15 is 0 Å². The van der Waals surface area contributed by atoms with Crippen molar-refractivity contribution in [3.8, 4) is 0 Å². The number of carbonyl (C=O) groups is 1. The smallest absolute Gasteiger partial charge is 0.352 e. The van der Waals surface area contributed by atoms with E-state index in [1.165, 1.54) is 6.92 Å². The maximum Gasteiger partial charge on any atom is 0.352 e. The van der Waals surface area contributed by atoms with Gasteiger partial charge in [-0.1, -0.05) is 0 Å². The Morgan fingerprint density at radius 1 is 2.40 bits per heavy atom. The van der Waals surface area contributed by atoms with Gasteiger partial charge in [-0.3, -0.25) is 4.79 Å². The summed E-state index contributed by atoms with van der Waals surface area (Å²) < 4.78 is 10.1. The molecule has 0 amide bonds. The van der Waals surface area contributed by atoms with Crippen molar-refractivity contribution in [2.45, 2.75) is 6.92 Å². The van der Waals surface area contributed by atoms with Gasteiger partial charge in [-0.25, -0.2) is 0 Å². The molecule has 0 aromatic carbocycles. The molecule has 2 nitrogen and oxygen atoms in total. The van der Waals surface area contributed by atoms with E-state index in [0.717, 1.165) is 0 Å². The molecule has 0 saturated heterocycles. The first kappa shape index (κ1) is 2.76. The molecule has 0 saturated carbocycles. The lowest BCUT2D eigenvalue weighted by atomic mass is 10.6. The van der Waals surface area contributed by atoms with Gasteiger partial charge in [-0.05, 0) is 0 Å². The van der Waals surface area contributed by atoms with Gasteiger partial charge < -0.3 is 4.65 Å². The van der Waals surface area contributed by atoms with E-state index in [2.05, 4.69) is 4.65 Å². The van der Waals surface area contributed by atoms with Gasteiger partial charge >= 0.3 is 8.01 Å². The van der Waals surface area contributed by atoms with Crippen molar-refractivity contribution in [2.75, 3.05) is 0 Å². The largest absolute Gasteiger partial charge is 0.543 e. The van der Waals surface area contributed by atoms with Crippen LogP contribution in [0.2, 0.25) is 0 Å². The highest BCUT2D eigenvalue weighted by atomic mass is 16.5. The van der Waals surface area contributed by atoms with E-state index in [1.807, 2.05) is 0 Å². The lowest BCUT2D eigenvalue weighted by molar-refractivity contribution is -0.131. The first-order chi connectivity index (χ1) is 2.77. The zero-order chi connectivity index (χ0) is 4.99. The molecular weight excluding hydrogens is 66.8 g/mol. The summed E-state index contributed by atoms with van der Waals surface area (Å²) >= 11 is 0. The van der Waals surface area contributed by atoms with Crippen LogP contribution in [0, 0.1) is 0 Å². The summed E-state index contributed by atoms with van der Waals surface area (Å²) in [6, 6.07) is 0. The summed E-state index contributed by atoms with van der Waals surface area (Å²) in [7, 11) is 0.600. The molecule has 0 aliphatic heterocycles. The summed E-state index contributed by atoms with van der Waals surface area (Å²) in [6.07, 6.45) is 0. The zero-order valence-corrected chi connectivity index (χ0v) is 2.89. The van der Waals surface area contributed by atoms with Crippen molar-refractivity contribution >= 4 is 14.0 Å². The number of hydrogen-bond donors (Lipinski definition) is 0. The average Bonchev–Trinajstić information content (AvgIpc) is 1.35. The minimum Gasteiger partial charge on any atom is -0.543 e. The fraction of sp³-hybridized carbons (Fsp3) is 0.500. The van der Waals surface area contributed by atoms with Gasteiger partial charge in [-0.2, -0.15) is 0 Å². The average molecular weight is 72.9 g/mol. The molecule has 0 spiro atoms. The van der Waals surface area contributed by atoms with Gasteiger partial charge in [0.05, 0.1) is 0 Å². The topological polar surface area (TPSA) is 26.3 Å². The Balaban J connectivity index is 2.83. The second kappa shape index (κ2) is 1.82. The minimum atomic E-state index is -0.454. The zero-order valence-electron chi connectivity index (χ0n) is 3.89. The Bertz CT molecular complexity index is 55.5. The van der Waals surface area contributed by atoms with Crippen molar-refractivity contribution in [2.24, 2.45) is 0 Å². The van der Waals surface area contributed by atoms with Crippen molar-refractivity contribution in [3.05, 3.63) is 0 Å². The van der Waals surface area contributed by atoms with E-state index in [0.29, 0.717) is 8.01 Å². The Morgan fingerprint density at radius 3 is 3.00 bits per heavy atom. The highest BCUT2D eigenvalue weighted by molar-refractivity contribution is 6.04. The van der Waals surface area contributed by atoms with Gasteiger partial charge in [-0.15, -0.1) is 0 Å². The number of carbonyl (C=O) groups excluding carboxylic acids is 1. The Kier molecular flexibility index (Phi) is 1.00. The fourth-order valence-corrected chi connectivity index (χ4v) is 0. The van der Waals surface area contributed by atoms with Crippen LogP contribution in [0.4, 0.5) is 0 Å². The maximum absolute atomic E-state index is 9.67. The predicted molar refractivity (Wildman–Crippen MR) is 18.9 cm³/mol. The monoisotopic (exact) mass is 73.0 g/mol. The van der Waals surface area contributed by atoms with Crippen LogP contribution in [-0.4, -0.2) is 15.3 Å². The third kappa shape index (κ3) is 3.53. The van der Waals surface area contributed by atoms with Crippen LogP contribution in [0.25, 0.3) is 0 Å². The Labute approximate surface area is 32.9 Å². The molecule has 3 heteroatoms.